The number of hydrogen-bond acceptors (Lipinski definition) is 3. The fourth-order valence-electron chi connectivity index (χ4n) is 2.36. The van der Waals surface area contributed by atoms with Crippen LogP contribution in [0.1, 0.15) is 10.4 Å². The fraction of sp³-hybridized carbons (Fsp3) is 0.333. The van der Waals surface area contributed by atoms with Crippen molar-refractivity contribution < 1.29 is 4.74 Å². The van der Waals surface area contributed by atoms with Gasteiger partial charge in [0.25, 0.3) is 0 Å². The third-order valence-electron chi connectivity index (χ3n) is 3.31. The van der Waals surface area contributed by atoms with Crippen molar-refractivity contribution in [2.45, 2.75) is 18.9 Å². The minimum absolute atomic E-state index is 0.204. The van der Waals surface area contributed by atoms with Crippen molar-refractivity contribution in [2.24, 2.45) is 0 Å². The van der Waals surface area contributed by atoms with Crippen LogP contribution in [0.4, 0.5) is 0 Å². The highest BCUT2D eigenvalue weighted by Gasteiger charge is 2.22. The number of nitrogens with one attached hydrogen (secondary N) is 1. The molecule has 20 heavy (non-hydrogen) atoms. The van der Waals surface area contributed by atoms with Crippen molar-refractivity contribution >= 4 is 34.5 Å². The van der Waals surface area contributed by atoms with Gasteiger partial charge in [-0.3, -0.25) is 0 Å². The maximum absolute atomic E-state index is 5.99. The molecular weight excluding hydrogens is 313 g/mol. The zero-order chi connectivity index (χ0) is 13.9. The molecule has 1 N–H and O–H groups in total. The molecule has 2 heterocycles. The Morgan fingerprint density at radius 3 is 2.95 bits per heavy atom. The van der Waals surface area contributed by atoms with Gasteiger partial charge in [0.1, 0.15) is 11.9 Å². The SMILES string of the molecule is Clc1ccc2c(c1)CC(CNCCc1ccc(Cl)s1)O2. The monoisotopic (exact) mass is 327 g/mol. The Hall–Kier alpha value is -0.740. The summed E-state index contributed by atoms with van der Waals surface area (Å²) in [5.74, 6) is 0.964. The second-order valence-electron chi connectivity index (χ2n) is 4.86. The quantitative estimate of drug-likeness (QED) is 0.831. The van der Waals surface area contributed by atoms with Crippen molar-refractivity contribution in [1.82, 2.24) is 5.32 Å². The van der Waals surface area contributed by atoms with E-state index in [0.29, 0.717) is 0 Å². The first-order valence-corrected chi connectivity index (χ1v) is 8.18. The smallest absolute Gasteiger partial charge is 0.123 e. The molecule has 1 aliphatic heterocycles. The molecule has 1 unspecified atom stereocenters. The Kier molecular flexibility index (Phi) is 4.51. The van der Waals surface area contributed by atoms with Gasteiger partial charge in [-0.25, -0.2) is 0 Å². The van der Waals surface area contributed by atoms with Crippen LogP contribution >= 0.6 is 34.5 Å². The molecule has 106 valence electrons. The Labute approximate surface area is 132 Å². The van der Waals surface area contributed by atoms with Gasteiger partial charge in [0.05, 0.1) is 4.34 Å². The molecule has 0 spiro atoms. The second-order valence-corrected chi connectivity index (χ2v) is 7.09. The summed E-state index contributed by atoms with van der Waals surface area (Å²) < 4.78 is 6.73. The predicted octanol–water partition coefficient (Wildman–Crippen LogP) is 4.19. The van der Waals surface area contributed by atoms with Crippen LogP contribution in [0.15, 0.2) is 30.3 Å². The summed E-state index contributed by atoms with van der Waals surface area (Å²) in [4.78, 5) is 1.31. The van der Waals surface area contributed by atoms with Crippen LogP contribution in [0.3, 0.4) is 0 Å². The van der Waals surface area contributed by atoms with Crippen molar-refractivity contribution in [3.63, 3.8) is 0 Å². The van der Waals surface area contributed by atoms with Crippen molar-refractivity contribution in [3.8, 4) is 5.75 Å². The van der Waals surface area contributed by atoms with Gasteiger partial charge in [0, 0.05) is 29.4 Å². The molecule has 1 atom stereocenters. The number of halogens is 2. The lowest BCUT2D eigenvalue weighted by Gasteiger charge is -2.11. The van der Waals surface area contributed by atoms with Crippen LogP contribution in [-0.4, -0.2) is 19.2 Å². The molecule has 1 aliphatic rings. The van der Waals surface area contributed by atoms with Crippen LogP contribution in [-0.2, 0) is 12.8 Å². The summed E-state index contributed by atoms with van der Waals surface area (Å²) >= 11 is 13.5. The Balaban J connectivity index is 1.42. The summed E-state index contributed by atoms with van der Waals surface area (Å²) in [6, 6.07) is 9.84. The van der Waals surface area contributed by atoms with E-state index in [-0.39, 0.29) is 6.10 Å². The third-order valence-corrected chi connectivity index (χ3v) is 4.84. The van der Waals surface area contributed by atoms with Gasteiger partial charge in [0.2, 0.25) is 0 Å². The van der Waals surface area contributed by atoms with E-state index in [1.54, 1.807) is 11.3 Å². The normalized spacial score (nSPS) is 17.0. The molecule has 0 saturated heterocycles. The highest BCUT2D eigenvalue weighted by atomic mass is 35.5. The minimum Gasteiger partial charge on any atom is -0.488 e. The van der Waals surface area contributed by atoms with Gasteiger partial charge in [-0.15, -0.1) is 11.3 Å². The lowest BCUT2D eigenvalue weighted by Crippen LogP contribution is -2.31. The van der Waals surface area contributed by atoms with E-state index in [1.165, 1.54) is 10.4 Å². The van der Waals surface area contributed by atoms with Gasteiger partial charge >= 0.3 is 0 Å². The maximum Gasteiger partial charge on any atom is 0.123 e. The maximum atomic E-state index is 5.99. The lowest BCUT2D eigenvalue weighted by molar-refractivity contribution is 0.228. The molecule has 0 aliphatic carbocycles. The van der Waals surface area contributed by atoms with E-state index in [1.807, 2.05) is 24.3 Å². The molecule has 2 aromatic rings. The number of fused-ring (bicyclic) bond motifs is 1. The second kappa shape index (κ2) is 6.35. The van der Waals surface area contributed by atoms with E-state index in [9.17, 15) is 0 Å². The van der Waals surface area contributed by atoms with Crippen molar-refractivity contribution in [1.29, 1.82) is 0 Å². The molecule has 5 heteroatoms. The van der Waals surface area contributed by atoms with E-state index >= 15 is 0 Å². The zero-order valence-electron chi connectivity index (χ0n) is 10.9. The van der Waals surface area contributed by atoms with Crippen molar-refractivity contribution in [3.05, 3.63) is 50.1 Å². The first-order chi connectivity index (χ1) is 9.70. The van der Waals surface area contributed by atoms with E-state index in [2.05, 4.69) is 11.4 Å². The number of thiophene rings is 1. The number of ether oxygens (including phenoxy) is 1. The molecule has 0 fully saturated rings. The summed E-state index contributed by atoms with van der Waals surface area (Å²) in [6.07, 6.45) is 2.13. The molecule has 0 bridgehead atoms. The highest BCUT2D eigenvalue weighted by molar-refractivity contribution is 7.16. The van der Waals surface area contributed by atoms with Gasteiger partial charge in [-0.1, -0.05) is 23.2 Å². The highest BCUT2D eigenvalue weighted by Crippen LogP contribution is 2.30. The van der Waals surface area contributed by atoms with Crippen molar-refractivity contribution in [2.75, 3.05) is 13.1 Å². The molecule has 0 saturated carbocycles. The van der Waals surface area contributed by atoms with E-state index in [4.69, 9.17) is 27.9 Å². The standard InChI is InChI=1S/C15H15Cl2NOS/c16-11-1-3-14-10(7-11)8-12(19-14)9-18-6-5-13-2-4-15(17)20-13/h1-4,7,12,18H,5-6,8-9H2. The fourth-order valence-corrected chi connectivity index (χ4v) is 3.65. The van der Waals surface area contributed by atoms with E-state index < -0.39 is 0 Å². The average molecular weight is 328 g/mol. The first-order valence-electron chi connectivity index (χ1n) is 6.61. The zero-order valence-corrected chi connectivity index (χ0v) is 13.2. The van der Waals surface area contributed by atoms with Gasteiger partial charge < -0.3 is 10.1 Å². The molecule has 0 amide bonds. The Morgan fingerprint density at radius 1 is 1.25 bits per heavy atom. The topological polar surface area (TPSA) is 21.3 Å². The van der Waals surface area contributed by atoms with Gasteiger partial charge in [-0.05, 0) is 42.3 Å². The molecular formula is C15H15Cl2NOS. The summed E-state index contributed by atoms with van der Waals surface area (Å²) in [6.45, 7) is 1.79. The van der Waals surface area contributed by atoms with Gasteiger partial charge in [0.15, 0.2) is 0 Å². The minimum atomic E-state index is 0.204. The van der Waals surface area contributed by atoms with Crippen LogP contribution < -0.4 is 10.1 Å². The Morgan fingerprint density at radius 2 is 2.15 bits per heavy atom. The predicted molar refractivity (Wildman–Crippen MR) is 85.5 cm³/mol. The summed E-state index contributed by atoms with van der Waals surface area (Å²) in [7, 11) is 0. The van der Waals surface area contributed by atoms with Crippen LogP contribution in [0.25, 0.3) is 0 Å². The molecule has 1 aromatic carbocycles. The van der Waals surface area contributed by atoms with Crippen LogP contribution in [0, 0.1) is 0 Å². The number of benzene rings is 1. The van der Waals surface area contributed by atoms with Crippen LogP contribution in [0.2, 0.25) is 9.36 Å². The summed E-state index contributed by atoms with van der Waals surface area (Å²) in [5.41, 5.74) is 1.20. The molecule has 2 nitrogen and oxygen atoms in total. The third kappa shape index (κ3) is 3.47. The van der Waals surface area contributed by atoms with E-state index in [0.717, 1.165) is 41.0 Å². The molecule has 0 radical (unpaired) electrons. The summed E-state index contributed by atoms with van der Waals surface area (Å²) in [5, 5.41) is 4.21. The molecule has 3 rings (SSSR count). The largest absolute Gasteiger partial charge is 0.488 e. The average Bonchev–Trinajstić information content (AvgIpc) is 3.00. The van der Waals surface area contributed by atoms with Gasteiger partial charge in [-0.2, -0.15) is 0 Å². The Bertz CT molecular complexity index is 599. The number of hydrogen-bond donors (Lipinski definition) is 1. The lowest BCUT2D eigenvalue weighted by atomic mass is 10.1. The first kappa shape index (κ1) is 14.2. The van der Waals surface area contributed by atoms with Crippen LogP contribution in [0.5, 0.6) is 5.75 Å². The molecule has 1 aromatic heterocycles. The number of rotatable bonds is 5.